The standard InChI is InChI=1S/C9H17NO/c1-2-7-11-9-5-3-8(10)4-6-9/h3,9H,2,4-7,10H2,1H3/t9-/m0/s1. The van der Waals surface area contributed by atoms with Crippen LogP contribution in [-0.2, 0) is 4.74 Å². The molecule has 0 unspecified atom stereocenters. The second-order valence-corrected chi connectivity index (χ2v) is 3.05. The first-order valence-corrected chi connectivity index (χ1v) is 4.39. The number of allylic oxidation sites excluding steroid dienone is 1. The van der Waals surface area contributed by atoms with Crippen molar-refractivity contribution in [3.8, 4) is 0 Å². The Labute approximate surface area is 68.4 Å². The second kappa shape index (κ2) is 4.39. The number of rotatable bonds is 3. The van der Waals surface area contributed by atoms with Crippen molar-refractivity contribution in [3.63, 3.8) is 0 Å². The first-order chi connectivity index (χ1) is 5.33. The van der Waals surface area contributed by atoms with Crippen LogP contribution in [0.25, 0.3) is 0 Å². The zero-order chi connectivity index (χ0) is 8.10. The second-order valence-electron chi connectivity index (χ2n) is 3.05. The summed E-state index contributed by atoms with van der Waals surface area (Å²) in [7, 11) is 0. The van der Waals surface area contributed by atoms with Gasteiger partial charge in [-0.1, -0.05) is 13.0 Å². The molecule has 1 aliphatic carbocycles. The molecule has 2 N–H and O–H groups in total. The van der Waals surface area contributed by atoms with Gasteiger partial charge in [-0.3, -0.25) is 0 Å². The smallest absolute Gasteiger partial charge is 0.0614 e. The molecular formula is C9H17NO. The van der Waals surface area contributed by atoms with Gasteiger partial charge in [-0.05, 0) is 25.7 Å². The molecule has 0 spiro atoms. The van der Waals surface area contributed by atoms with Crippen molar-refractivity contribution in [1.29, 1.82) is 0 Å². The monoisotopic (exact) mass is 155 g/mol. The van der Waals surface area contributed by atoms with Crippen LogP contribution in [0.15, 0.2) is 11.8 Å². The highest BCUT2D eigenvalue weighted by Crippen LogP contribution is 2.17. The highest BCUT2D eigenvalue weighted by Gasteiger charge is 2.11. The minimum absolute atomic E-state index is 0.433. The Hall–Kier alpha value is -0.500. The molecule has 1 atom stereocenters. The van der Waals surface area contributed by atoms with E-state index in [1.54, 1.807) is 0 Å². The Balaban J connectivity index is 2.18. The number of hydrogen-bond acceptors (Lipinski definition) is 2. The molecule has 0 saturated heterocycles. The molecule has 2 nitrogen and oxygen atoms in total. The lowest BCUT2D eigenvalue weighted by Crippen LogP contribution is -2.18. The van der Waals surface area contributed by atoms with E-state index in [0.717, 1.165) is 38.0 Å². The topological polar surface area (TPSA) is 35.2 Å². The third-order valence-electron chi connectivity index (χ3n) is 1.96. The van der Waals surface area contributed by atoms with E-state index in [-0.39, 0.29) is 0 Å². The van der Waals surface area contributed by atoms with Gasteiger partial charge in [0, 0.05) is 12.3 Å². The van der Waals surface area contributed by atoms with Crippen molar-refractivity contribution in [2.45, 2.75) is 38.7 Å². The van der Waals surface area contributed by atoms with Crippen LogP contribution in [0.3, 0.4) is 0 Å². The molecule has 11 heavy (non-hydrogen) atoms. The van der Waals surface area contributed by atoms with Gasteiger partial charge in [-0.2, -0.15) is 0 Å². The average Bonchev–Trinajstić information content (AvgIpc) is 2.04. The summed E-state index contributed by atoms with van der Waals surface area (Å²) in [6, 6.07) is 0. The molecule has 0 aromatic carbocycles. The highest BCUT2D eigenvalue weighted by atomic mass is 16.5. The van der Waals surface area contributed by atoms with Gasteiger partial charge in [0.1, 0.15) is 0 Å². The third kappa shape index (κ3) is 2.93. The van der Waals surface area contributed by atoms with Crippen molar-refractivity contribution >= 4 is 0 Å². The fourth-order valence-electron chi connectivity index (χ4n) is 1.27. The van der Waals surface area contributed by atoms with E-state index >= 15 is 0 Å². The molecule has 0 radical (unpaired) electrons. The van der Waals surface area contributed by atoms with Crippen LogP contribution < -0.4 is 5.73 Å². The van der Waals surface area contributed by atoms with Crippen LogP contribution in [0.5, 0.6) is 0 Å². The largest absolute Gasteiger partial charge is 0.402 e. The maximum Gasteiger partial charge on any atom is 0.0614 e. The SMILES string of the molecule is CCCO[C@H]1CC=C(N)CC1. The molecule has 1 aliphatic rings. The van der Waals surface area contributed by atoms with E-state index in [9.17, 15) is 0 Å². The van der Waals surface area contributed by atoms with Gasteiger partial charge in [0.25, 0.3) is 0 Å². The lowest BCUT2D eigenvalue weighted by atomic mass is 10.0. The van der Waals surface area contributed by atoms with Gasteiger partial charge >= 0.3 is 0 Å². The Morgan fingerprint density at radius 3 is 3.09 bits per heavy atom. The third-order valence-corrected chi connectivity index (χ3v) is 1.96. The van der Waals surface area contributed by atoms with E-state index in [2.05, 4.69) is 13.0 Å². The van der Waals surface area contributed by atoms with Crippen LogP contribution in [0.4, 0.5) is 0 Å². The van der Waals surface area contributed by atoms with Gasteiger partial charge in [0.2, 0.25) is 0 Å². The summed E-state index contributed by atoms with van der Waals surface area (Å²) in [4.78, 5) is 0. The zero-order valence-corrected chi connectivity index (χ0v) is 7.18. The first kappa shape index (κ1) is 8.60. The van der Waals surface area contributed by atoms with Crippen LogP contribution in [0.2, 0.25) is 0 Å². The quantitative estimate of drug-likeness (QED) is 0.674. The lowest BCUT2D eigenvalue weighted by Gasteiger charge is -2.20. The molecule has 2 heteroatoms. The molecular weight excluding hydrogens is 138 g/mol. The van der Waals surface area contributed by atoms with Gasteiger partial charge in [0.15, 0.2) is 0 Å². The molecule has 0 heterocycles. The number of nitrogens with two attached hydrogens (primary N) is 1. The van der Waals surface area contributed by atoms with Crippen molar-refractivity contribution in [1.82, 2.24) is 0 Å². The zero-order valence-electron chi connectivity index (χ0n) is 7.18. The van der Waals surface area contributed by atoms with Crippen molar-refractivity contribution < 1.29 is 4.74 Å². The van der Waals surface area contributed by atoms with Crippen LogP contribution in [0.1, 0.15) is 32.6 Å². The van der Waals surface area contributed by atoms with E-state index in [0.29, 0.717) is 6.10 Å². The Bertz CT molecular complexity index is 142. The maximum absolute atomic E-state index is 5.63. The molecule has 1 rings (SSSR count). The molecule has 0 aromatic rings. The predicted molar refractivity (Wildman–Crippen MR) is 46.2 cm³/mol. The molecule has 0 aliphatic heterocycles. The number of hydrogen-bond donors (Lipinski definition) is 1. The predicted octanol–water partition coefficient (Wildman–Crippen LogP) is 1.81. The fraction of sp³-hybridized carbons (Fsp3) is 0.778. The minimum atomic E-state index is 0.433. The van der Waals surface area contributed by atoms with Crippen LogP contribution in [-0.4, -0.2) is 12.7 Å². The summed E-state index contributed by atoms with van der Waals surface area (Å²) in [5, 5.41) is 0. The van der Waals surface area contributed by atoms with E-state index < -0.39 is 0 Å². The molecule has 0 fully saturated rings. The summed E-state index contributed by atoms with van der Waals surface area (Å²) in [6.45, 7) is 3.02. The Morgan fingerprint density at radius 1 is 1.73 bits per heavy atom. The maximum atomic E-state index is 5.63. The lowest BCUT2D eigenvalue weighted by molar-refractivity contribution is 0.0469. The normalized spacial score (nSPS) is 24.8. The Morgan fingerprint density at radius 2 is 2.55 bits per heavy atom. The van der Waals surface area contributed by atoms with E-state index in [1.807, 2.05) is 0 Å². The van der Waals surface area contributed by atoms with Gasteiger partial charge in [-0.25, -0.2) is 0 Å². The highest BCUT2D eigenvalue weighted by molar-refractivity contribution is 5.01. The van der Waals surface area contributed by atoms with Gasteiger partial charge in [-0.15, -0.1) is 0 Å². The van der Waals surface area contributed by atoms with E-state index in [1.165, 1.54) is 0 Å². The molecule has 64 valence electrons. The first-order valence-electron chi connectivity index (χ1n) is 4.39. The van der Waals surface area contributed by atoms with Gasteiger partial charge < -0.3 is 10.5 Å². The molecule has 0 amide bonds. The summed E-state index contributed by atoms with van der Waals surface area (Å²) >= 11 is 0. The number of ether oxygens (including phenoxy) is 1. The van der Waals surface area contributed by atoms with E-state index in [4.69, 9.17) is 10.5 Å². The van der Waals surface area contributed by atoms with Crippen LogP contribution in [0, 0.1) is 0 Å². The van der Waals surface area contributed by atoms with Gasteiger partial charge in [0.05, 0.1) is 6.10 Å². The molecule has 0 saturated carbocycles. The fourth-order valence-corrected chi connectivity index (χ4v) is 1.27. The summed E-state index contributed by atoms with van der Waals surface area (Å²) < 4.78 is 5.58. The molecule has 0 aromatic heterocycles. The van der Waals surface area contributed by atoms with Crippen molar-refractivity contribution in [3.05, 3.63) is 11.8 Å². The van der Waals surface area contributed by atoms with Crippen molar-refractivity contribution in [2.75, 3.05) is 6.61 Å². The van der Waals surface area contributed by atoms with Crippen LogP contribution >= 0.6 is 0 Å². The summed E-state index contributed by atoms with van der Waals surface area (Å²) in [6.07, 6.45) is 6.74. The Kier molecular flexibility index (Phi) is 3.43. The summed E-state index contributed by atoms with van der Waals surface area (Å²) in [5.74, 6) is 0. The summed E-state index contributed by atoms with van der Waals surface area (Å²) in [5.41, 5.74) is 6.66. The van der Waals surface area contributed by atoms with Crippen molar-refractivity contribution in [2.24, 2.45) is 5.73 Å². The average molecular weight is 155 g/mol. The molecule has 0 bridgehead atoms. The minimum Gasteiger partial charge on any atom is -0.402 e.